The van der Waals surface area contributed by atoms with Crippen LogP contribution >= 0.6 is 0 Å². The Hall–Kier alpha value is -1.84. The van der Waals surface area contributed by atoms with Crippen molar-refractivity contribution in [2.24, 2.45) is 5.92 Å². The Balaban J connectivity index is 2.57. The summed E-state index contributed by atoms with van der Waals surface area (Å²) in [6, 6.07) is 3.22. The molecule has 2 rings (SSSR count). The summed E-state index contributed by atoms with van der Waals surface area (Å²) in [5, 5.41) is 17.5. The summed E-state index contributed by atoms with van der Waals surface area (Å²) < 4.78 is 0. The van der Waals surface area contributed by atoms with Crippen LogP contribution in [0.4, 0.5) is 0 Å². The van der Waals surface area contributed by atoms with Crippen LogP contribution in [0, 0.1) is 5.92 Å². The molecular weight excluding hydrogens is 204 g/mol. The zero-order valence-corrected chi connectivity index (χ0v) is 9.32. The lowest BCUT2D eigenvalue weighted by Gasteiger charge is -2.02. The van der Waals surface area contributed by atoms with Crippen molar-refractivity contribution >= 4 is 17.2 Å². The van der Waals surface area contributed by atoms with Gasteiger partial charge in [0.1, 0.15) is 5.75 Å². The number of phenolic OH excluding ortho intramolecular Hbond substituents is 1. The molecule has 0 unspecified atom stereocenters. The molecule has 0 aliphatic rings. The van der Waals surface area contributed by atoms with Gasteiger partial charge < -0.3 is 5.11 Å². The minimum absolute atomic E-state index is 0.0118. The number of aromatic amines is 1. The average molecular weight is 218 g/mol. The molecule has 84 valence electrons. The molecule has 1 heterocycles. The van der Waals surface area contributed by atoms with E-state index >= 15 is 0 Å². The second-order valence-corrected chi connectivity index (χ2v) is 4.34. The molecule has 0 aliphatic heterocycles. The van der Waals surface area contributed by atoms with Crippen LogP contribution in [0.25, 0.3) is 10.9 Å². The maximum atomic E-state index is 10.7. The van der Waals surface area contributed by atoms with E-state index in [1.165, 1.54) is 6.07 Å². The Morgan fingerprint density at radius 2 is 2.25 bits per heavy atom. The normalized spacial score (nSPS) is 11.2. The van der Waals surface area contributed by atoms with E-state index in [2.05, 4.69) is 24.0 Å². The molecule has 16 heavy (non-hydrogen) atoms. The Kier molecular flexibility index (Phi) is 2.64. The van der Waals surface area contributed by atoms with E-state index in [1.807, 2.05) is 0 Å². The first kappa shape index (κ1) is 10.7. The first-order valence-electron chi connectivity index (χ1n) is 5.27. The minimum Gasteiger partial charge on any atom is -0.507 e. The fraction of sp³-hybridized carbons (Fsp3) is 0.333. The molecule has 0 aliphatic carbocycles. The molecule has 0 amide bonds. The summed E-state index contributed by atoms with van der Waals surface area (Å²) in [6.07, 6.45) is 1.50. The highest BCUT2D eigenvalue weighted by Crippen LogP contribution is 2.25. The Morgan fingerprint density at radius 3 is 2.88 bits per heavy atom. The standard InChI is InChI=1S/C12H14N2O2/c1-7(2)3-10-9-4-8(6-15)12(16)5-11(9)14-13-10/h4-7,16H,3H2,1-2H3,(H,13,14). The number of rotatable bonds is 3. The third-order valence-electron chi connectivity index (χ3n) is 2.52. The zero-order valence-electron chi connectivity index (χ0n) is 9.32. The summed E-state index contributed by atoms with van der Waals surface area (Å²) in [4.78, 5) is 10.7. The van der Waals surface area contributed by atoms with Gasteiger partial charge in [-0.1, -0.05) is 13.8 Å². The SMILES string of the molecule is CC(C)Cc1n[nH]c2cc(O)c(C=O)cc12. The molecule has 1 aromatic carbocycles. The molecule has 2 aromatic rings. The van der Waals surface area contributed by atoms with Gasteiger partial charge in [-0.15, -0.1) is 0 Å². The maximum Gasteiger partial charge on any atom is 0.153 e. The Labute approximate surface area is 93.3 Å². The fourth-order valence-electron chi connectivity index (χ4n) is 1.76. The lowest BCUT2D eigenvalue weighted by Crippen LogP contribution is -1.95. The fourth-order valence-corrected chi connectivity index (χ4v) is 1.76. The molecule has 0 saturated carbocycles. The van der Waals surface area contributed by atoms with Crippen molar-refractivity contribution in [1.82, 2.24) is 10.2 Å². The van der Waals surface area contributed by atoms with E-state index in [9.17, 15) is 9.90 Å². The van der Waals surface area contributed by atoms with Gasteiger partial charge in [0.15, 0.2) is 6.29 Å². The molecule has 0 atom stereocenters. The van der Waals surface area contributed by atoms with Gasteiger partial charge in [-0.25, -0.2) is 0 Å². The van der Waals surface area contributed by atoms with Gasteiger partial charge in [0.2, 0.25) is 0 Å². The quantitative estimate of drug-likeness (QED) is 0.777. The van der Waals surface area contributed by atoms with Gasteiger partial charge in [0.25, 0.3) is 0 Å². The third kappa shape index (κ3) is 1.78. The van der Waals surface area contributed by atoms with Gasteiger partial charge in [-0.2, -0.15) is 5.10 Å². The number of hydrogen-bond donors (Lipinski definition) is 2. The van der Waals surface area contributed by atoms with Crippen molar-refractivity contribution in [2.75, 3.05) is 0 Å². The van der Waals surface area contributed by atoms with E-state index in [1.54, 1.807) is 6.07 Å². The van der Waals surface area contributed by atoms with Crippen molar-refractivity contribution in [3.05, 3.63) is 23.4 Å². The van der Waals surface area contributed by atoms with Crippen molar-refractivity contribution in [3.8, 4) is 5.75 Å². The predicted molar refractivity (Wildman–Crippen MR) is 61.7 cm³/mol. The average Bonchev–Trinajstić information content (AvgIpc) is 2.59. The van der Waals surface area contributed by atoms with Gasteiger partial charge in [-0.3, -0.25) is 9.89 Å². The summed E-state index contributed by atoms with van der Waals surface area (Å²) >= 11 is 0. The molecule has 0 fully saturated rings. The second kappa shape index (κ2) is 3.96. The number of fused-ring (bicyclic) bond motifs is 1. The van der Waals surface area contributed by atoms with Crippen LogP contribution < -0.4 is 0 Å². The largest absolute Gasteiger partial charge is 0.507 e. The third-order valence-corrected chi connectivity index (χ3v) is 2.52. The predicted octanol–water partition coefficient (Wildman–Crippen LogP) is 2.28. The number of aromatic nitrogens is 2. The molecular formula is C12H14N2O2. The number of aromatic hydroxyl groups is 1. The van der Waals surface area contributed by atoms with Crippen molar-refractivity contribution in [2.45, 2.75) is 20.3 Å². The topological polar surface area (TPSA) is 66.0 Å². The number of H-pyrrole nitrogens is 1. The van der Waals surface area contributed by atoms with Crippen LogP contribution in [0.15, 0.2) is 12.1 Å². The van der Waals surface area contributed by atoms with E-state index in [0.717, 1.165) is 23.0 Å². The van der Waals surface area contributed by atoms with Gasteiger partial charge in [0, 0.05) is 11.5 Å². The van der Waals surface area contributed by atoms with E-state index in [4.69, 9.17) is 0 Å². The summed E-state index contributed by atoms with van der Waals surface area (Å²) in [5.41, 5.74) is 2.01. The number of carbonyl (C=O) groups is 1. The smallest absolute Gasteiger partial charge is 0.153 e. The Bertz CT molecular complexity index is 529. The van der Waals surface area contributed by atoms with Gasteiger partial charge in [0.05, 0.1) is 16.8 Å². The summed E-state index contributed by atoms with van der Waals surface area (Å²) in [6.45, 7) is 4.23. The highest BCUT2D eigenvalue weighted by atomic mass is 16.3. The molecule has 0 bridgehead atoms. The summed E-state index contributed by atoms with van der Waals surface area (Å²) in [7, 11) is 0. The van der Waals surface area contributed by atoms with Crippen molar-refractivity contribution < 1.29 is 9.90 Å². The number of hydrogen-bond acceptors (Lipinski definition) is 3. The van der Waals surface area contributed by atoms with Crippen LogP contribution in [0.2, 0.25) is 0 Å². The number of phenols is 1. The highest BCUT2D eigenvalue weighted by molar-refractivity contribution is 5.91. The molecule has 4 heteroatoms. The van der Waals surface area contributed by atoms with Crippen LogP contribution in [-0.4, -0.2) is 21.6 Å². The number of carbonyl (C=O) groups excluding carboxylic acids is 1. The first-order chi connectivity index (χ1) is 7.61. The van der Waals surface area contributed by atoms with Crippen LogP contribution in [0.1, 0.15) is 29.9 Å². The molecule has 1 aromatic heterocycles. The van der Waals surface area contributed by atoms with Crippen molar-refractivity contribution in [3.63, 3.8) is 0 Å². The van der Waals surface area contributed by atoms with Crippen LogP contribution in [0.5, 0.6) is 5.75 Å². The highest BCUT2D eigenvalue weighted by Gasteiger charge is 2.10. The lowest BCUT2D eigenvalue weighted by atomic mass is 10.0. The maximum absolute atomic E-state index is 10.7. The zero-order chi connectivity index (χ0) is 11.7. The Morgan fingerprint density at radius 1 is 1.50 bits per heavy atom. The lowest BCUT2D eigenvalue weighted by molar-refractivity contribution is 0.112. The number of aldehydes is 1. The van der Waals surface area contributed by atoms with Crippen molar-refractivity contribution in [1.29, 1.82) is 0 Å². The van der Waals surface area contributed by atoms with Gasteiger partial charge in [-0.05, 0) is 18.4 Å². The number of nitrogens with zero attached hydrogens (tertiary/aromatic N) is 1. The monoisotopic (exact) mass is 218 g/mol. The number of nitrogens with one attached hydrogen (secondary N) is 1. The molecule has 0 saturated heterocycles. The van der Waals surface area contributed by atoms with E-state index in [0.29, 0.717) is 17.8 Å². The summed E-state index contributed by atoms with van der Waals surface area (Å²) in [5.74, 6) is 0.488. The minimum atomic E-state index is -0.0118. The molecule has 0 spiro atoms. The molecule has 4 nitrogen and oxygen atoms in total. The van der Waals surface area contributed by atoms with Crippen LogP contribution in [0.3, 0.4) is 0 Å². The molecule has 0 radical (unpaired) electrons. The van der Waals surface area contributed by atoms with E-state index in [-0.39, 0.29) is 5.75 Å². The van der Waals surface area contributed by atoms with Crippen LogP contribution in [-0.2, 0) is 6.42 Å². The first-order valence-corrected chi connectivity index (χ1v) is 5.27. The second-order valence-electron chi connectivity index (χ2n) is 4.34. The van der Waals surface area contributed by atoms with Gasteiger partial charge >= 0.3 is 0 Å². The number of benzene rings is 1. The molecule has 2 N–H and O–H groups in total. The van der Waals surface area contributed by atoms with E-state index < -0.39 is 0 Å².